The van der Waals surface area contributed by atoms with Gasteiger partial charge in [-0.05, 0) is 46.5 Å². The van der Waals surface area contributed by atoms with E-state index in [4.69, 9.17) is 4.98 Å². The Morgan fingerprint density at radius 3 is 2.65 bits per heavy atom. The normalized spacial score (nSPS) is 14.3. The maximum absolute atomic E-state index is 13.3. The second kappa shape index (κ2) is 7.08. The van der Waals surface area contributed by atoms with Crippen LogP contribution in [0.3, 0.4) is 0 Å². The Hall–Kier alpha value is -4.85. The van der Waals surface area contributed by atoms with E-state index in [2.05, 4.69) is 55.0 Å². The molecule has 34 heavy (non-hydrogen) atoms. The number of pyridine rings is 1. The molecule has 0 radical (unpaired) electrons. The van der Waals surface area contributed by atoms with Crippen molar-refractivity contribution in [3.63, 3.8) is 0 Å². The minimum absolute atomic E-state index is 0.169. The summed E-state index contributed by atoms with van der Waals surface area (Å²) in [5.41, 5.74) is 8.89. The number of nitrogens with one attached hydrogen (secondary N) is 3. The fourth-order valence-electron chi connectivity index (χ4n) is 4.79. The molecule has 0 fully saturated rings. The quantitative estimate of drug-likeness (QED) is 0.375. The molecule has 1 aliphatic rings. The van der Waals surface area contributed by atoms with Gasteiger partial charge >= 0.3 is 0 Å². The molecular formula is C26H17N7O. The number of rotatable bonds is 3. The number of fused-ring (bicyclic) bond motifs is 5. The number of aromatic amines is 2. The Labute approximate surface area is 193 Å². The van der Waals surface area contributed by atoms with Crippen molar-refractivity contribution in [3.8, 4) is 22.5 Å². The molecule has 3 aromatic carbocycles. The van der Waals surface area contributed by atoms with Crippen LogP contribution in [0.2, 0.25) is 0 Å². The van der Waals surface area contributed by atoms with E-state index in [1.165, 1.54) is 0 Å². The van der Waals surface area contributed by atoms with E-state index >= 15 is 0 Å². The molecule has 6 aromatic rings. The fourth-order valence-corrected chi connectivity index (χ4v) is 4.79. The van der Waals surface area contributed by atoms with Crippen molar-refractivity contribution in [1.82, 2.24) is 35.7 Å². The van der Waals surface area contributed by atoms with Crippen LogP contribution in [0, 0.1) is 0 Å². The van der Waals surface area contributed by atoms with Gasteiger partial charge < -0.3 is 10.3 Å². The summed E-state index contributed by atoms with van der Waals surface area (Å²) in [6.45, 7) is 0. The standard InChI is InChI=1S/C26H17N7O/c34-26(14-8-9-20-21(12-14)32-33-31-20)30-24-16-5-2-1-4-15(16)23-17(24)6-3-7-18(23)25-28-19-10-11-27-13-22(19)29-25/h1-13,24H,(H,28,29)(H,30,34)(H,31,32,33)/t24-/m1/s1. The third-order valence-corrected chi connectivity index (χ3v) is 6.34. The maximum atomic E-state index is 13.3. The highest BCUT2D eigenvalue weighted by molar-refractivity contribution is 5.99. The van der Waals surface area contributed by atoms with E-state index in [-0.39, 0.29) is 11.9 Å². The molecule has 0 bridgehead atoms. The third-order valence-electron chi connectivity index (χ3n) is 6.34. The first-order valence-corrected chi connectivity index (χ1v) is 10.9. The lowest BCUT2D eigenvalue weighted by Gasteiger charge is -2.16. The lowest BCUT2D eigenvalue weighted by atomic mass is 9.98. The third kappa shape index (κ3) is 2.75. The number of imidazole rings is 1. The van der Waals surface area contributed by atoms with Crippen LogP contribution in [0.4, 0.5) is 0 Å². The van der Waals surface area contributed by atoms with E-state index in [1.807, 2.05) is 24.3 Å². The van der Waals surface area contributed by atoms with Gasteiger partial charge in [0.1, 0.15) is 16.9 Å². The zero-order valence-corrected chi connectivity index (χ0v) is 17.8. The highest BCUT2D eigenvalue weighted by Gasteiger charge is 2.32. The van der Waals surface area contributed by atoms with Crippen LogP contribution in [0.1, 0.15) is 27.5 Å². The number of amides is 1. The summed E-state index contributed by atoms with van der Waals surface area (Å²) in [7, 11) is 0. The van der Waals surface area contributed by atoms with Crippen LogP contribution in [0.5, 0.6) is 0 Å². The monoisotopic (exact) mass is 443 g/mol. The number of carbonyl (C=O) groups excluding carboxylic acids is 1. The molecule has 1 aliphatic carbocycles. The molecule has 0 saturated carbocycles. The predicted octanol–water partition coefficient (Wildman–Crippen LogP) is 4.40. The Morgan fingerprint density at radius 2 is 1.71 bits per heavy atom. The van der Waals surface area contributed by atoms with Crippen molar-refractivity contribution in [1.29, 1.82) is 0 Å². The summed E-state index contributed by atoms with van der Waals surface area (Å²) in [4.78, 5) is 25.6. The van der Waals surface area contributed by atoms with E-state index in [0.29, 0.717) is 11.1 Å². The van der Waals surface area contributed by atoms with E-state index < -0.39 is 0 Å². The van der Waals surface area contributed by atoms with Gasteiger partial charge in [-0.3, -0.25) is 9.78 Å². The minimum atomic E-state index is -0.280. The van der Waals surface area contributed by atoms with Crippen molar-refractivity contribution in [2.45, 2.75) is 6.04 Å². The summed E-state index contributed by atoms with van der Waals surface area (Å²) in [6.07, 6.45) is 3.51. The molecule has 8 heteroatoms. The van der Waals surface area contributed by atoms with Gasteiger partial charge in [-0.2, -0.15) is 15.4 Å². The number of hydrogen-bond acceptors (Lipinski definition) is 5. The van der Waals surface area contributed by atoms with E-state index in [0.717, 1.165) is 50.2 Å². The molecule has 0 aliphatic heterocycles. The SMILES string of the molecule is O=C(N[C@@H]1c2ccccc2-c2c(-c3nc4ccncc4[nH]3)cccc21)c1ccc2n[nH]nc2c1. The smallest absolute Gasteiger partial charge is 0.252 e. The molecule has 162 valence electrons. The molecule has 1 amide bonds. The lowest BCUT2D eigenvalue weighted by Crippen LogP contribution is -2.28. The second-order valence-corrected chi connectivity index (χ2v) is 8.27. The van der Waals surface area contributed by atoms with Crippen LogP contribution in [-0.4, -0.2) is 36.3 Å². The predicted molar refractivity (Wildman–Crippen MR) is 128 cm³/mol. The molecule has 3 heterocycles. The summed E-state index contributed by atoms with van der Waals surface area (Å²) in [5.74, 6) is 0.607. The van der Waals surface area contributed by atoms with Gasteiger partial charge in [0.2, 0.25) is 0 Å². The highest BCUT2D eigenvalue weighted by atomic mass is 16.1. The van der Waals surface area contributed by atoms with Gasteiger partial charge in [0.05, 0.1) is 23.3 Å². The highest BCUT2D eigenvalue weighted by Crippen LogP contribution is 2.47. The van der Waals surface area contributed by atoms with Gasteiger partial charge in [0.25, 0.3) is 5.91 Å². The molecule has 0 unspecified atom stereocenters. The Balaban J connectivity index is 1.34. The van der Waals surface area contributed by atoms with Crippen LogP contribution < -0.4 is 5.32 Å². The second-order valence-electron chi connectivity index (χ2n) is 8.27. The van der Waals surface area contributed by atoms with Crippen LogP contribution in [0.15, 0.2) is 79.1 Å². The topological polar surface area (TPSA) is 112 Å². The molecular weight excluding hydrogens is 426 g/mol. The van der Waals surface area contributed by atoms with Gasteiger partial charge in [-0.15, -0.1) is 0 Å². The molecule has 3 N–H and O–H groups in total. The summed E-state index contributed by atoms with van der Waals surface area (Å²) >= 11 is 0. The molecule has 1 atom stereocenters. The zero-order chi connectivity index (χ0) is 22.6. The van der Waals surface area contributed by atoms with Gasteiger partial charge in [-0.1, -0.05) is 42.5 Å². The van der Waals surface area contributed by atoms with Gasteiger partial charge in [0.15, 0.2) is 0 Å². The first-order valence-electron chi connectivity index (χ1n) is 10.9. The van der Waals surface area contributed by atoms with Crippen LogP contribution in [0.25, 0.3) is 44.6 Å². The minimum Gasteiger partial charge on any atom is -0.341 e. The van der Waals surface area contributed by atoms with Gasteiger partial charge in [-0.25, -0.2) is 4.98 Å². The summed E-state index contributed by atoms with van der Waals surface area (Å²) in [6, 6.07) is 21.2. The summed E-state index contributed by atoms with van der Waals surface area (Å²) < 4.78 is 0. The van der Waals surface area contributed by atoms with Crippen molar-refractivity contribution >= 4 is 28.0 Å². The lowest BCUT2D eigenvalue weighted by molar-refractivity contribution is 0.0944. The molecule has 0 saturated heterocycles. The Morgan fingerprint density at radius 1 is 0.853 bits per heavy atom. The zero-order valence-electron chi connectivity index (χ0n) is 17.8. The first kappa shape index (κ1) is 18.7. The number of hydrogen-bond donors (Lipinski definition) is 3. The van der Waals surface area contributed by atoms with E-state index in [1.54, 1.807) is 30.6 Å². The van der Waals surface area contributed by atoms with Crippen molar-refractivity contribution in [2.24, 2.45) is 0 Å². The maximum Gasteiger partial charge on any atom is 0.252 e. The summed E-state index contributed by atoms with van der Waals surface area (Å²) in [5, 5.41) is 14.0. The number of H-pyrrole nitrogens is 2. The average molecular weight is 443 g/mol. The first-order chi connectivity index (χ1) is 16.8. The molecule has 8 nitrogen and oxygen atoms in total. The number of carbonyl (C=O) groups is 1. The number of nitrogens with zero attached hydrogens (tertiary/aromatic N) is 4. The number of aromatic nitrogens is 6. The van der Waals surface area contributed by atoms with Crippen molar-refractivity contribution < 1.29 is 4.79 Å². The number of benzene rings is 3. The van der Waals surface area contributed by atoms with Crippen LogP contribution >= 0.6 is 0 Å². The van der Waals surface area contributed by atoms with Crippen LogP contribution in [-0.2, 0) is 0 Å². The fraction of sp³-hybridized carbons (Fsp3) is 0.0385. The van der Waals surface area contributed by atoms with E-state index in [9.17, 15) is 4.79 Å². The van der Waals surface area contributed by atoms with Crippen molar-refractivity contribution in [3.05, 3.63) is 95.8 Å². The average Bonchev–Trinajstić information content (AvgIpc) is 3.59. The largest absolute Gasteiger partial charge is 0.341 e. The van der Waals surface area contributed by atoms with Gasteiger partial charge in [0, 0.05) is 17.3 Å². The molecule has 3 aromatic heterocycles. The molecule has 7 rings (SSSR count). The Bertz CT molecular complexity index is 1700. The molecule has 0 spiro atoms. The van der Waals surface area contributed by atoms with Crippen molar-refractivity contribution in [2.75, 3.05) is 0 Å². The Kier molecular flexibility index (Phi) is 3.89.